The molecule has 0 spiro atoms. The first kappa shape index (κ1) is 7.53. The van der Waals surface area contributed by atoms with Gasteiger partial charge in [0.2, 0.25) is 0 Å². The summed E-state index contributed by atoms with van der Waals surface area (Å²) in [5.74, 6) is 1.30. The Morgan fingerprint density at radius 1 is 1.36 bits per heavy atom. The second-order valence-electron chi connectivity index (χ2n) is 3.40. The monoisotopic (exact) mass is 157 g/mol. The van der Waals surface area contributed by atoms with Gasteiger partial charge in [-0.25, -0.2) is 0 Å². The first-order valence-electron chi connectivity index (χ1n) is 4.31. The highest BCUT2D eigenvalue weighted by Crippen LogP contribution is 2.32. The van der Waals surface area contributed by atoms with Gasteiger partial charge in [0.25, 0.3) is 0 Å². The fourth-order valence-electron chi connectivity index (χ4n) is 2.09. The van der Waals surface area contributed by atoms with Crippen LogP contribution in [-0.2, 0) is 9.47 Å². The van der Waals surface area contributed by atoms with Gasteiger partial charge < -0.3 is 15.2 Å². The second kappa shape index (κ2) is 3.09. The van der Waals surface area contributed by atoms with Crippen LogP contribution in [0.15, 0.2) is 0 Å². The van der Waals surface area contributed by atoms with E-state index in [0.717, 1.165) is 26.2 Å². The quantitative estimate of drug-likeness (QED) is 0.582. The largest absolute Gasteiger partial charge is 0.381 e. The number of ether oxygens (including phenoxy) is 2. The number of fused-ring (bicyclic) bond motifs is 1. The number of hydrogen-bond acceptors (Lipinski definition) is 3. The van der Waals surface area contributed by atoms with E-state index in [1.54, 1.807) is 0 Å². The van der Waals surface area contributed by atoms with E-state index < -0.39 is 0 Å². The summed E-state index contributed by atoms with van der Waals surface area (Å²) in [6.07, 6.45) is 1.44. The van der Waals surface area contributed by atoms with Gasteiger partial charge in [0.05, 0.1) is 19.3 Å². The predicted octanol–water partition coefficient (Wildman–Crippen LogP) is -0.00340. The Bertz CT molecular complexity index is 134. The smallest absolute Gasteiger partial charge is 0.0730 e. The molecule has 2 rings (SSSR count). The zero-order valence-corrected chi connectivity index (χ0v) is 6.66. The minimum absolute atomic E-state index is 0.309. The summed E-state index contributed by atoms with van der Waals surface area (Å²) in [6.45, 7) is 3.29. The third-order valence-corrected chi connectivity index (χ3v) is 2.77. The van der Waals surface area contributed by atoms with Gasteiger partial charge in [-0.05, 0) is 12.3 Å². The highest BCUT2D eigenvalue weighted by Gasteiger charge is 2.38. The van der Waals surface area contributed by atoms with Crippen LogP contribution in [0.25, 0.3) is 0 Å². The lowest BCUT2D eigenvalue weighted by atomic mass is 9.87. The molecule has 2 aliphatic rings. The van der Waals surface area contributed by atoms with Crippen molar-refractivity contribution in [1.29, 1.82) is 0 Å². The minimum Gasteiger partial charge on any atom is -0.381 e. The lowest BCUT2D eigenvalue weighted by molar-refractivity contribution is 0.0297. The Labute approximate surface area is 66.8 Å². The lowest BCUT2D eigenvalue weighted by Crippen LogP contribution is -2.33. The van der Waals surface area contributed by atoms with E-state index in [9.17, 15) is 0 Å². The maximum absolute atomic E-state index is 5.57. The normalized spacial score (nSPS) is 43.9. The maximum atomic E-state index is 5.57. The first-order chi connectivity index (χ1) is 5.42. The zero-order chi connectivity index (χ0) is 7.68. The van der Waals surface area contributed by atoms with Crippen molar-refractivity contribution < 1.29 is 9.47 Å². The van der Waals surface area contributed by atoms with Gasteiger partial charge in [-0.2, -0.15) is 0 Å². The van der Waals surface area contributed by atoms with Gasteiger partial charge >= 0.3 is 0 Å². The molecule has 0 aromatic carbocycles. The van der Waals surface area contributed by atoms with E-state index in [4.69, 9.17) is 15.2 Å². The molecule has 0 unspecified atom stereocenters. The van der Waals surface area contributed by atoms with E-state index in [1.165, 1.54) is 0 Å². The molecule has 2 N–H and O–H groups in total. The summed E-state index contributed by atoms with van der Waals surface area (Å²) in [5.41, 5.74) is 5.57. The molecule has 3 nitrogen and oxygen atoms in total. The van der Waals surface area contributed by atoms with Crippen LogP contribution in [0.5, 0.6) is 0 Å². The average molecular weight is 157 g/mol. The van der Waals surface area contributed by atoms with Crippen molar-refractivity contribution >= 4 is 0 Å². The Hall–Kier alpha value is -0.120. The van der Waals surface area contributed by atoms with Crippen molar-refractivity contribution in [3.63, 3.8) is 0 Å². The molecule has 0 amide bonds. The van der Waals surface area contributed by atoms with Gasteiger partial charge in [0.1, 0.15) is 0 Å². The Morgan fingerprint density at radius 2 is 2.27 bits per heavy atom. The van der Waals surface area contributed by atoms with Crippen LogP contribution in [0.4, 0.5) is 0 Å². The predicted molar refractivity (Wildman–Crippen MR) is 41.2 cm³/mol. The maximum Gasteiger partial charge on any atom is 0.0730 e. The van der Waals surface area contributed by atoms with Crippen LogP contribution in [0.1, 0.15) is 6.42 Å². The molecule has 0 saturated carbocycles. The molecule has 0 aromatic rings. The van der Waals surface area contributed by atoms with Gasteiger partial charge in [-0.1, -0.05) is 0 Å². The standard InChI is InChI=1S/C8H15NO2/c9-3-8-7-1-2-10-4-6(7)5-11-8/h6-8H,1-5,9H2/t6-,7-,8-/m0/s1. The zero-order valence-electron chi connectivity index (χ0n) is 6.66. The Balaban J connectivity index is 1.98. The second-order valence-corrected chi connectivity index (χ2v) is 3.40. The molecular weight excluding hydrogens is 142 g/mol. The molecule has 64 valence electrons. The van der Waals surface area contributed by atoms with Crippen molar-refractivity contribution in [1.82, 2.24) is 0 Å². The average Bonchev–Trinajstić information content (AvgIpc) is 2.47. The number of hydrogen-bond donors (Lipinski definition) is 1. The van der Waals surface area contributed by atoms with Gasteiger partial charge in [-0.15, -0.1) is 0 Å². The summed E-state index contributed by atoms with van der Waals surface area (Å²) in [5, 5.41) is 0. The molecule has 2 fully saturated rings. The van der Waals surface area contributed by atoms with E-state index in [0.29, 0.717) is 24.5 Å². The summed E-state index contributed by atoms with van der Waals surface area (Å²) in [6, 6.07) is 0. The summed E-state index contributed by atoms with van der Waals surface area (Å²) in [7, 11) is 0. The Morgan fingerprint density at radius 3 is 3.09 bits per heavy atom. The fraction of sp³-hybridized carbons (Fsp3) is 1.00. The molecule has 11 heavy (non-hydrogen) atoms. The van der Waals surface area contributed by atoms with Crippen LogP contribution < -0.4 is 5.73 Å². The summed E-state index contributed by atoms with van der Waals surface area (Å²) >= 11 is 0. The third-order valence-electron chi connectivity index (χ3n) is 2.77. The molecule has 3 atom stereocenters. The first-order valence-corrected chi connectivity index (χ1v) is 4.31. The molecule has 0 aromatic heterocycles. The minimum atomic E-state index is 0.309. The topological polar surface area (TPSA) is 44.5 Å². The van der Waals surface area contributed by atoms with Crippen LogP contribution in [0.2, 0.25) is 0 Å². The van der Waals surface area contributed by atoms with Crippen molar-refractivity contribution in [2.45, 2.75) is 12.5 Å². The van der Waals surface area contributed by atoms with E-state index in [2.05, 4.69) is 0 Å². The molecule has 0 aliphatic carbocycles. The number of nitrogens with two attached hydrogens (primary N) is 1. The lowest BCUT2D eigenvalue weighted by Gasteiger charge is -2.26. The Kier molecular flexibility index (Phi) is 2.11. The molecule has 2 aliphatic heterocycles. The third kappa shape index (κ3) is 1.28. The van der Waals surface area contributed by atoms with Crippen LogP contribution in [0, 0.1) is 11.8 Å². The summed E-state index contributed by atoms with van der Waals surface area (Å²) in [4.78, 5) is 0. The van der Waals surface area contributed by atoms with E-state index in [1.807, 2.05) is 0 Å². The molecule has 0 radical (unpaired) electrons. The van der Waals surface area contributed by atoms with Gasteiger partial charge in [0.15, 0.2) is 0 Å². The van der Waals surface area contributed by atoms with Crippen LogP contribution >= 0.6 is 0 Å². The molecule has 2 heterocycles. The van der Waals surface area contributed by atoms with Crippen molar-refractivity contribution in [3.05, 3.63) is 0 Å². The molecule has 0 bridgehead atoms. The van der Waals surface area contributed by atoms with Crippen molar-refractivity contribution in [2.75, 3.05) is 26.4 Å². The highest BCUT2D eigenvalue weighted by atomic mass is 16.5. The molecule has 2 saturated heterocycles. The van der Waals surface area contributed by atoms with Gasteiger partial charge in [0, 0.05) is 19.1 Å². The van der Waals surface area contributed by atoms with Crippen LogP contribution in [-0.4, -0.2) is 32.5 Å². The number of rotatable bonds is 1. The van der Waals surface area contributed by atoms with E-state index in [-0.39, 0.29) is 0 Å². The van der Waals surface area contributed by atoms with Crippen LogP contribution in [0.3, 0.4) is 0 Å². The summed E-state index contributed by atoms with van der Waals surface area (Å²) < 4.78 is 10.9. The van der Waals surface area contributed by atoms with E-state index >= 15 is 0 Å². The molecular formula is C8H15NO2. The highest BCUT2D eigenvalue weighted by molar-refractivity contribution is 4.86. The van der Waals surface area contributed by atoms with Crippen molar-refractivity contribution in [3.8, 4) is 0 Å². The van der Waals surface area contributed by atoms with Crippen molar-refractivity contribution in [2.24, 2.45) is 17.6 Å². The van der Waals surface area contributed by atoms with Gasteiger partial charge in [-0.3, -0.25) is 0 Å². The molecule has 3 heteroatoms. The fourth-order valence-corrected chi connectivity index (χ4v) is 2.09. The SMILES string of the molecule is NC[C@@H]1OC[C@@H]2COCC[C@@H]21.